The number of carbonyl (C=O) groups excluding carboxylic acids is 2. The van der Waals surface area contributed by atoms with Crippen LogP contribution in [0.3, 0.4) is 0 Å². The molecule has 0 saturated carbocycles. The van der Waals surface area contributed by atoms with E-state index < -0.39 is 11.7 Å². The molecule has 6 nitrogen and oxygen atoms in total. The van der Waals surface area contributed by atoms with Gasteiger partial charge in [-0.05, 0) is 49.1 Å². The lowest BCUT2D eigenvalue weighted by atomic mass is 10.0. The number of alkyl halides is 3. The van der Waals surface area contributed by atoms with E-state index in [0.29, 0.717) is 30.8 Å². The van der Waals surface area contributed by atoms with Crippen molar-refractivity contribution in [2.24, 2.45) is 0 Å². The molecule has 5 rings (SSSR count). The number of amides is 1. The average Bonchev–Trinajstić information content (AvgIpc) is 3.47. The summed E-state index contributed by atoms with van der Waals surface area (Å²) in [4.78, 5) is 35.2. The maximum atomic E-state index is 12.8. The predicted octanol–water partition coefficient (Wildman–Crippen LogP) is 5.46. The second-order valence-corrected chi connectivity index (χ2v) is 9.05. The average molecular weight is 501 g/mol. The quantitative estimate of drug-likeness (QED) is 0.351. The third-order valence-electron chi connectivity index (χ3n) is 5.78. The van der Waals surface area contributed by atoms with Crippen LogP contribution in [0.4, 0.5) is 13.2 Å². The second-order valence-electron chi connectivity index (χ2n) is 8.09. The van der Waals surface area contributed by atoms with E-state index >= 15 is 0 Å². The van der Waals surface area contributed by atoms with Crippen LogP contribution in [-0.4, -0.2) is 37.5 Å². The van der Waals surface area contributed by atoms with Crippen LogP contribution < -0.4 is 0 Å². The number of fused-ring (bicyclic) bond motifs is 2. The second kappa shape index (κ2) is 9.99. The first-order valence-corrected chi connectivity index (χ1v) is 11.9. The SMILES string of the molecule is CC(=O)c1csc2c1CCN(C(=O)c1cnc3ccccn13)C2.CCc1cncc(C(F)(F)F)c1. The highest BCUT2D eigenvalue weighted by Crippen LogP contribution is 2.30. The van der Waals surface area contributed by atoms with Crippen LogP contribution in [0.25, 0.3) is 5.65 Å². The Morgan fingerprint density at radius 2 is 1.97 bits per heavy atom. The molecule has 0 radical (unpaired) electrons. The zero-order valence-corrected chi connectivity index (χ0v) is 20.0. The van der Waals surface area contributed by atoms with Crippen molar-refractivity contribution < 1.29 is 22.8 Å². The Labute approximate surface area is 204 Å². The summed E-state index contributed by atoms with van der Waals surface area (Å²) >= 11 is 1.57. The van der Waals surface area contributed by atoms with Gasteiger partial charge >= 0.3 is 6.18 Å². The van der Waals surface area contributed by atoms with E-state index in [1.54, 1.807) is 31.4 Å². The van der Waals surface area contributed by atoms with E-state index in [1.165, 1.54) is 6.20 Å². The summed E-state index contributed by atoms with van der Waals surface area (Å²) in [5, 5.41) is 1.91. The Kier molecular flexibility index (Phi) is 7.02. The zero-order valence-electron chi connectivity index (χ0n) is 19.2. The molecule has 0 unspecified atom stereocenters. The number of halogens is 3. The number of pyridine rings is 2. The van der Waals surface area contributed by atoms with E-state index in [1.807, 2.05) is 39.1 Å². The molecule has 0 atom stereocenters. The number of imidazole rings is 1. The molecule has 5 heterocycles. The number of carbonyl (C=O) groups is 2. The monoisotopic (exact) mass is 500 g/mol. The molecule has 1 aliphatic heterocycles. The minimum atomic E-state index is -4.28. The lowest BCUT2D eigenvalue weighted by Gasteiger charge is -2.27. The highest BCUT2D eigenvalue weighted by atomic mass is 32.1. The number of hydrogen-bond acceptors (Lipinski definition) is 5. The van der Waals surface area contributed by atoms with Crippen LogP contribution in [0.5, 0.6) is 0 Å². The van der Waals surface area contributed by atoms with Gasteiger partial charge in [0, 0.05) is 41.0 Å². The Bertz CT molecular complexity index is 1380. The fraction of sp³-hybridized carbons (Fsp3) is 0.280. The number of thiophene rings is 1. The Balaban J connectivity index is 0.000000204. The first-order valence-electron chi connectivity index (χ1n) is 11.0. The number of rotatable bonds is 3. The summed E-state index contributed by atoms with van der Waals surface area (Å²) < 4.78 is 38.0. The Morgan fingerprint density at radius 1 is 1.17 bits per heavy atom. The fourth-order valence-electron chi connectivity index (χ4n) is 3.89. The molecule has 4 aromatic rings. The minimum Gasteiger partial charge on any atom is -0.332 e. The maximum Gasteiger partial charge on any atom is 0.417 e. The standard InChI is InChI=1S/C17H15N3O2S.C8H8F3N/c1-11(21)13-10-23-15-9-19(7-5-12(13)15)17(22)14-8-18-16-4-2-3-6-20(14)16;1-2-6-3-7(5-12-4-6)8(9,10)11/h2-4,6,8,10H,5,7,9H2,1H3;3-5H,2H2,1H3. The Hall–Kier alpha value is -3.53. The molecule has 1 aliphatic rings. The van der Waals surface area contributed by atoms with E-state index in [4.69, 9.17) is 0 Å². The van der Waals surface area contributed by atoms with Gasteiger partial charge in [0.1, 0.15) is 11.3 Å². The van der Waals surface area contributed by atoms with Gasteiger partial charge in [-0.25, -0.2) is 4.98 Å². The van der Waals surface area contributed by atoms with E-state index in [-0.39, 0.29) is 11.7 Å². The number of nitrogens with zero attached hydrogens (tertiary/aromatic N) is 4. The molecule has 4 aromatic heterocycles. The molecule has 1 amide bonds. The van der Waals surface area contributed by atoms with Crippen LogP contribution >= 0.6 is 11.3 Å². The minimum absolute atomic E-state index is 0.0212. The van der Waals surface area contributed by atoms with Crippen molar-refractivity contribution in [3.63, 3.8) is 0 Å². The van der Waals surface area contributed by atoms with Crippen molar-refractivity contribution in [3.8, 4) is 0 Å². The van der Waals surface area contributed by atoms with Crippen molar-refractivity contribution in [3.05, 3.63) is 87.3 Å². The molecule has 182 valence electrons. The van der Waals surface area contributed by atoms with Gasteiger partial charge in [0.2, 0.25) is 0 Å². The first-order chi connectivity index (χ1) is 16.7. The number of aromatic nitrogens is 3. The lowest BCUT2D eigenvalue weighted by Crippen LogP contribution is -2.36. The van der Waals surface area contributed by atoms with Crippen LogP contribution in [-0.2, 0) is 25.6 Å². The third kappa shape index (κ3) is 5.27. The van der Waals surface area contributed by atoms with Crippen molar-refractivity contribution >= 4 is 28.7 Å². The Morgan fingerprint density at radius 3 is 2.69 bits per heavy atom. The van der Waals surface area contributed by atoms with Gasteiger partial charge < -0.3 is 4.90 Å². The van der Waals surface area contributed by atoms with E-state index in [0.717, 1.165) is 40.3 Å². The van der Waals surface area contributed by atoms with E-state index in [2.05, 4.69) is 9.97 Å². The molecule has 0 saturated heterocycles. The molecule has 0 aromatic carbocycles. The van der Waals surface area contributed by atoms with Crippen molar-refractivity contribution in [2.75, 3.05) is 6.54 Å². The summed E-state index contributed by atoms with van der Waals surface area (Å²) in [6.07, 6.45) is 2.77. The maximum absolute atomic E-state index is 12.8. The molecule has 0 spiro atoms. The smallest absolute Gasteiger partial charge is 0.332 e. The molecule has 0 bridgehead atoms. The zero-order chi connectivity index (χ0) is 25.2. The topological polar surface area (TPSA) is 67.6 Å². The summed E-state index contributed by atoms with van der Waals surface area (Å²) in [5.74, 6) is 0.0798. The van der Waals surface area contributed by atoms with Crippen LogP contribution in [0.2, 0.25) is 0 Å². The van der Waals surface area contributed by atoms with Gasteiger partial charge in [-0.15, -0.1) is 11.3 Å². The molecule has 0 aliphatic carbocycles. The van der Waals surface area contributed by atoms with Gasteiger partial charge in [0.05, 0.1) is 18.3 Å². The number of ketones is 1. The van der Waals surface area contributed by atoms with E-state index in [9.17, 15) is 22.8 Å². The van der Waals surface area contributed by atoms with Gasteiger partial charge in [0.15, 0.2) is 5.78 Å². The van der Waals surface area contributed by atoms with Crippen molar-refractivity contribution in [1.29, 1.82) is 0 Å². The predicted molar refractivity (Wildman–Crippen MR) is 127 cm³/mol. The normalized spacial score (nSPS) is 13.2. The van der Waals surface area contributed by atoms with Crippen molar-refractivity contribution in [1.82, 2.24) is 19.3 Å². The molecular weight excluding hydrogens is 477 g/mol. The number of hydrogen-bond donors (Lipinski definition) is 0. The number of Topliss-reactive ketones (excluding diaryl/α,β-unsaturated/α-hetero) is 1. The summed E-state index contributed by atoms with van der Waals surface area (Å²) in [6, 6.07) is 6.79. The van der Waals surface area contributed by atoms with Gasteiger partial charge in [-0.1, -0.05) is 13.0 Å². The molecule has 0 N–H and O–H groups in total. The van der Waals surface area contributed by atoms with Crippen LogP contribution in [0.1, 0.15) is 56.3 Å². The summed E-state index contributed by atoms with van der Waals surface area (Å²) in [7, 11) is 0. The lowest BCUT2D eigenvalue weighted by molar-refractivity contribution is -0.137. The van der Waals surface area contributed by atoms with Gasteiger partial charge in [0.25, 0.3) is 5.91 Å². The highest BCUT2D eigenvalue weighted by Gasteiger charge is 2.31. The highest BCUT2D eigenvalue weighted by molar-refractivity contribution is 7.10. The first kappa shape index (κ1) is 24.6. The molecular formula is C25H23F3N4O2S. The molecule has 0 fully saturated rings. The van der Waals surface area contributed by atoms with Gasteiger partial charge in [-0.3, -0.25) is 19.0 Å². The molecule has 35 heavy (non-hydrogen) atoms. The molecule has 10 heteroatoms. The van der Waals surface area contributed by atoms with Crippen molar-refractivity contribution in [2.45, 2.75) is 39.4 Å². The third-order valence-corrected chi connectivity index (χ3v) is 6.79. The van der Waals surface area contributed by atoms with Crippen LogP contribution in [0, 0.1) is 0 Å². The van der Waals surface area contributed by atoms with Gasteiger partial charge in [-0.2, -0.15) is 13.2 Å². The fourth-order valence-corrected chi connectivity index (χ4v) is 5.04. The van der Waals surface area contributed by atoms with Crippen LogP contribution in [0.15, 0.2) is 54.4 Å². The number of aryl methyl sites for hydroxylation is 1. The largest absolute Gasteiger partial charge is 0.417 e. The summed E-state index contributed by atoms with van der Waals surface area (Å²) in [5.41, 5.74) is 3.19. The summed E-state index contributed by atoms with van der Waals surface area (Å²) in [6.45, 7) is 4.57.